The van der Waals surface area contributed by atoms with Gasteiger partial charge in [-0.05, 0) is 29.3 Å². The smallest absolute Gasteiger partial charge is 0.189 e. The highest BCUT2D eigenvalue weighted by Crippen LogP contribution is 2.26. The van der Waals surface area contributed by atoms with Gasteiger partial charge in [-0.1, -0.05) is 66.7 Å². The van der Waals surface area contributed by atoms with E-state index in [-0.39, 0.29) is 5.78 Å². The molecule has 0 atom stereocenters. The summed E-state index contributed by atoms with van der Waals surface area (Å²) in [6, 6.07) is 24.8. The molecule has 0 amide bonds. The molecule has 0 unspecified atom stereocenters. The lowest BCUT2D eigenvalue weighted by atomic mass is 10.1. The molecule has 0 spiro atoms. The van der Waals surface area contributed by atoms with Crippen molar-refractivity contribution in [2.24, 2.45) is 0 Å². The molecule has 0 aromatic heterocycles. The standard InChI is InChI=1S/C23H20O3/c1-25-20-13-14-21(22(24)15-12-18-8-4-2-5-9-18)23(16-20)26-17-19-10-6-3-7-11-19/h2-16H,17H2,1H3/b15-12+. The number of rotatable bonds is 7. The second kappa shape index (κ2) is 8.67. The lowest BCUT2D eigenvalue weighted by molar-refractivity contribution is 0.104. The SMILES string of the molecule is COc1ccc(C(=O)/C=C/c2ccccc2)c(OCc2ccccc2)c1. The predicted molar refractivity (Wildman–Crippen MR) is 104 cm³/mol. The van der Waals surface area contributed by atoms with E-state index in [1.807, 2.05) is 60.7 Å². The maximum atomic E-state index is 12.6. The number of carbonyl (C=O) groups is 1. The first-order chi connectivity index (χ1) is 12.8. The van der Waals surface area contributed by atoms with Gasteiger partial charge < -0.3 is 9.47 Å². The molecule has 0 aliphatic carbocycles. The maximum Gasteiger partial charge on any atom is 0.189 e. The van der Waals surface area contributed by atoms with Crippen molar-refractivity contribution in [3.05, 3.63) is 102 Å². The molecule has 0 aliphatic rings. The van der Waals surface area contributed by atoms with Crippen LogP contribution >= 0.6 is 0 Å². The van der Waals surface area contributed by atoms with E-state index < -0.39 is 0 Å². The third-order valence-electron chi connectivity index (χ3n) is 3.92. The zero-order valence-corrected chi connectivity index (χ0v) is 14.6. The van der Waals surface area contributed by atoms with Crippen LogP contribution in [0.4, 0.5) is 0 Å². The van der Waals surface area contributed by atoms with E-state index in [2.05, 4.69) is 0 Å². The Labute approximate surface area is 153 Å². The predicted octanol–water partition coefficient (Wildman–Crippen LogP) is 5.17. The minimum Gasteiger partial charge on any atom is -0.497 e. The zero-order valence-electron chi connectivity index (χ0n) is 14.6. The molecule has 0 aliphatic heterocycles. The Kier molecular flexibility index (Phi) is 5.84. The van der Waals surface area contributed by atoms with Crippen LogP contribution in [0.25, 0.3) is 6.08 Å². The lowest BCUT2D eigenvalue weighted by Crippen LogP contribution is -2.03. The largest absolute Gasteiger partial charge is 0.497 e. The molecule has 0 heterocycles. The normalized spacial score (nSPS) is 10.7. The van der Waals surface area contributed by atoms with E-state index in [9.17, 15) is 4.79 Å². The van der Waals surface area contributed by atoms with Crippen molar-refractivity contribution in [3.63, 3.8) is 0 Å². The van der Waals surface area contributed by atoms with Crippen LogP contribution < -0.4 is 9.47 Å². The van der Waals surface area contributed by atoms with Gasteiger partial charge in [-0.2, -0.15) is 0 Å². The van der Waals surface area contributed by atoms with E-state index in [0.717, 1.165) is 11.1 Å². The summed E-state index contributed by atoms with van der Waals surface area (Å²) in [5.74, 6) is 1.05. The minimum absolute atomic E-state index is 0.112. The van der Waals surface area contributed by atoms with Gasteiger partial charge >= 0.3 is 0 Å². The molecular formula is C23H20O3. The van der Waals surface area contributed by atoms with Crippen molar-refractivity contribution in [1.82, 2.24) is 0 Å². The first-order valence-electron chi connectivity index (χ1n) is 8.38. The maximum absolute atomic E-state index is 12.6. The summed E-state index contributed by atoms with van der Waals surface area (Å²) in [5, 5.41) is 0. The highest BCUT2D eigenvalue weighted by molar-refractivity contribution is 6.08. The Balaban J connectivity index is 1.81. The highest BCUT2D eigenvalue weighted by Gasteiger charge is 2.12. The number of hydrogen-bond acceptors (Lipinski definition) is 3. The molecule has 0 bridgehead atoms. The molecule has 3 heteroatoms. The summed E-state index contributed by atoms with van der Waals surface area (Å²) in [5.41, 5.74) is 2.52. The van der Waals surface area contributed by atoms with Crippen LogP contribution in [0, 0.1) is 0 Å². The minimum atomic E-state index is -0.112. The molecule has 3 aromatic carbocycles. The van der Waals surface area contributed by atoms with Gasteiger partial charge in [0.1, 0.15) is 18.1 Å². The number of ketones is 1. The van der Waals surface area contributed by atoms with E-state index in [0.29, 0.717) is 23.7 Å². The van der Waals surface area contributed by atoms with Crippen molar-refractivity contribution in [1.29, 1.82) is 0 Å². The van der Waals surface area contributed by atoms with Crippen molar-refractivity contribution in [2.75, 3.05) is 7.11 Å². The summed E-state index contributed by atoms with van der Waals surface area (Å²) in [4.78, 5) is 12.6. The molecule has 26 heavy (non-hydrogen) atoms. The number of hydrogen-bond donors (Lipinski definition) is 0. The average molecular weight is 344 g/mol. The highest BCUT2D eigenvalue weighted by atomic mass is 16.5. The molecule has 3 nitrogen and oxygen atoms in total. The van der Waals surface area contributed by atoms with E-state index >= 15 is 0 Å². The first-order valence-corrected chi connectivity index (χ1v) is 8.38. The molecule has 0 fully saturated rings. The molecule has 0 saturated heterocycles. The van der Waals surface area contributed by atoms with Crippen LogP contribution in [0.2, 0.25) is 0 Å². The quantitative estimate of drug-likeness (QED) is 0.438. The Hall–Kier alpha value is -3.33. The monoisotopic (exact) mass is 344 g/mol. The van der Waals surface area contributed by atoms with Crippen LogP contribution in [0.15, 0.2) is 84.9 Å². The zero-order chi connectivity index (χ0) is 18.2. The summed E-state index contributed by atoms with van der Waals surface area (Å²) in [6.07, 6.45) is 3.36. The molecule has 0 saturated carbocycles. The fourth-order valence-corrected chi connectivity index (χ4v) is 2.51. The summed E-state index contributed by atoms with van der Waals surface area (Å²) in [7, 11) is 1.59. The second-order valence-corrected chi connectivity index (χ2v) is 5.74. The average Bonchev–Trinajstić information content (AvgIpc) is 2.71. The topological polar surface area (TPSA) is 35.5 Å². The van der Waals surface area contributed by atoms with E-state index in [1.54, 1.807) is 37.5 Å². The van der Waals surface area contributed by atoms with Crippen molar-refractivity contribution in [2.45, 2.75) is 6.61 Å². The number of methoxy groups -OCH3 is 1. The van der Waals surface area contributed by atoms with Gasteiger partial charge in [0.25, 0.3) is 0 Å². The van der Waals surface area contributed by atoms with Crippen LogP contribution in [-0.4, -0.2) is 12.9 Å². The molecule has 130 valence electrons. The Morgan fingerprint density at radius 2 is 1.62 bits per heavy atom. The summed E-state index contributed by atoms with van der Waals surface area (Å²) >= 11 is 0. The number of benzene rings is 3. The van der Waals surface area contributed by atoms with Crippen molar-refractivity contribution >= 4 is 11.9 Å². The van der Waals surface area contributed by atoms with Gasteiger partial charge in [-0.3, -0.25) is 4.79 Å². The number of allylic oxidation sites excluding steroid dienone is 1. The Morgan fingerprint density at radius 1 is 0.923 bits per heavy atom. The van der Waals surface area contributed by atoms with Crippen LogP contribution in [-0.2, 0) is 6.61 Å². The Morgan fingerprint density at radius 3 is 2.31 bits per heavy atom. The second-order valence-electron chi connectivity index (χ2n) is 5.74. The van der Waals surface area contributed by atoms with Crippen molar-refractivity contribution in [3.8, 4) is 11.5 Å². The van der Waals surface area contributed by atoms with E-state index in [1.165, 1.54) is 0 Å². The first kappa shape index (κ1) is 17.5. The molecule has 0 radical (unpaired) electrons. The van der Waals surface area contributed by atoms with Gasteiger partial charge in [0.15, 0.2) is 5.78 Å². The van der Waals surface area contributed by atoms with Gasteiger partial charge in [0, 0.05) is 6.07 Å². The Bertz CT molecular complexity index is 884. The van der Waals surface area contributed by atoms with Gasteiger partial charge in [0.05, 0.1) is 12.7 Å². The fourth-order valence-electron chi connectivity index (χ4n) is 2.51. The third-order valence-corrected chi connectivity index (χ3v) is 3.92. The summed E-state index contributed by atoms with van der Waals surface area (Å²) in [6.45, 7) is 0.386. The molecule has 3 aromatic rings. The van der Waals surface area contributed by atoms with Crippen LogP contribution in [0.1, 0.15) is 21.5 Å². The number of ether oxygens (including phenoxy) is 2. The lowest BCUT2D eigenvalue weighted by Gasteiger charge is -2.11. The third kappa shape index (κ3) is 4.61. The number of carbonyl (C=O) groups excluding carboxylic acids is 1. The van der Waals surface area contributed by atoms with Crippen molar-refractivity contribution < 1.29 is 14.3 Å². The summed E-state index contributed by atoms with van der Waals surface area (Å²) < 4.78 is 11.2. The fraction of sp³-hybridized carbons (Fsp3) is 0.0870. The molecule has 0 N–H and O–H groups in total. The van der Waals surface area contributed by atoms with Gasteiger partial charge in [-0.15, -0.1) is 0 Å². The molecule has 3 rings (SSSR count). The van der Waals surface area contributed by atoms with Gasteiger partial charge in [0.2, 0.25) is 0 Å². The van der Waals surface area contributed by atoms with Gasteiger partial charge in [-0.25, -0.2) is 0 Å². The van der Waals surface area contributed by atoms with E-state index in [4.69, 9.17) is 9.47 Å². The van der Waals surface area contributed by atoms with Crippen LogP contribution in [0.5, 0.6) is 11.5 Å². The van der Waals surface area contributed by atoms with Crippen LogP contribution in [0.3, 0.4) is 0 Å². The molecular weight excluding hydrogens is 324 g/mol.